The fourth-order valence-corrected chi connectivity index (χ4v) is 1.34. The molecule has 3 nitrogen and oxygen atoms in total. The van der Waals surface area contributed by atoms with Crippen LogP contribution in [0.3, 0.4) is 0 Å². The van der Waals surface area contributed by atoms with Crippen LogP contribution in [-0.4, -0.2) is 23.5 Å². The number of carbonyl (C=O) groups excluding carboxylic acids is 1. The predicted octanol–water partition coefficient (Wildman–Crippen LogP) is 0.0653. The Hall–Kier alpha value is -0.410. The number of hydrogen-bond donors (Lipinski definition) is 2. The highest BCUT2D eigenvalue weighted by Crippen LogP contribution is 2.30. The first-order valence-corrected chi connectivity index (χ1v) is 4.13. The van der Waals surface area contributed by atoms with Crippen LogP contribution < -0.4 is 5.73 Å². The van der Waals surface area contributed by atoms with Gasteiger partial charge in [-0.2, -0.15) is 0 Å². The van der Waals surface area contributed by atoms with Crippen molar-refractivity contribution >= 4 is 5.78 Å². The van der Waals surface area contributed by atoms with E-state index in [2.05, 4.69) is 0 Å². The second kappa shape index (κ2) is 3.83. The Morgan fingerprint density at radius 2 is 2.27 bits per heavy atom. The van der Waals surface area contributed by atoms with Crippen molar-refractivity contribution in [2.24, 2.45) is 11.7 Å². The van der Waals surface area contributed by atoms with Gasteiger partial charge in [-0.25, -0.2) is 0 Å². The molecular formula is C8H15NO2. The Labute approximate surface area is 66.6 Å². The molecular weight excluding hydrogens is 142 g/mol. The first-order valence-electron chi connectivity index (χ1n) is 4.13. The smallest absolute Gasteiger partial charge is 0.174 e. The number of nitrogens with two attached hydrogens (primary N) is 1. The Morgan fingerprint density at radius 3 is 2.64 bits per heavy atom. The molecule has 0 bridgehead atoms. The molecule has 0 radical (unpaired) electrons. The SMILES string of the molecule is NC(CC1CCC1)C(=O)CO. The first-order chi connectivity index (χ1) is 5.24. The maximum Gasteiger partial charge on any atom is 0.174 e. The highest BCUT2D eigenvalue weighted by molar-refractivity contribution is 5.84. The molecule has 3 heteroatoms. The van der Waals surface area contributed by atoms with E-state index in [1.54, 1.807) is 0 Å². The van der Waals surface area contributed by atoms with Crippen LogP contribution in [0.4, 0.5) is 0 Å². The van der Waals surface area contributed by atoms with Crippen LogP contribution in [0.15, 0.2) is 0 Å². The average molecular weight is 157 g/mol. The molecule has 0 aliphatic heterocycles. The third-order valence-corrected chi connectivity index (χ3v) is 2.38. The van der Waals surface area contributed by atoms with Crippen LogP contribution in [-0.2, 0) is 4.79 Å². The molecule has 11 heavy (non-hydrogen) atoms. The molecule has 0 saturated heterocycles. The lowest BCUT2D eigenvalue weighted by molar-refractivity contribution is -0.123. The van der Waals surface area contributed by atoms with Crippen LogP contribution in [0.5, 0.6) is 0 Å². The van der Waals surface area contributed by atoms with E-state index < -0.39 is 12.6 Å². The van der Waals surface area contributed by atoms with Crippen molar-refractivity contribution in [2.75, 3.05) is 6.61 Å². The highest BCUT2D eigenvalue weighted by atomic mass is 16.3. The van der Waals surface area contributed by atoms with Crippen molar-refractivity contribution in [2.45, 2.75) is 31.7 Å². The summed E-state index contributed by atoms with van der Waals surface area (Å²) < 4.78 is 0. The summed E-state index contributed by atoms with van der Waals surface area (Å²) in [5.74, 6) is 0.414. The second-order valence-electron chi connectivity index (χ2n) is 3.26. The minimum absolute atomic E-state index is 0.225. The van der Waals surface area contributed by atoms with E-state index in [9.17, 15) is 4.79 Å². The molecule has 1 saturated carbocycles. The minimum atomic E-state index is -0.426. The Kier molecular flexibility index (Phi) is 3.02. The van der Waals surface area contributed by atoms with Crippen LogP contribution in [0.2, 0.25) is 0 Å². The Balaban J connectivity index is 2.18. The van der Waals surface area contributed by atoms with Crippen LogP contribution in [0.1, 0.15) is 25.7 Å². The molecule has 0 aromatic rings. The zero-order valence-electron chi connectivity index (χ0n) is 6.62. The van der Waals surface area contributed by atoms with Crippen molar-refractivity contribution in [1.82, 2.24) is 0 Å². The van der Waals surface area contributed by atoms with Gasteiger partial charge in [-0.15, -0.1) is 0 Å². The maximum atomic E-state index is 10.8. The number of aliphatic hydroxyl groups is 1. The van der Waals surface area contributed by atoms with E-state index in [0.29, 0.717) is 5.92 Å². The number of aliphatic hydroxyl groups excluding tert-OH is 1. The van der Waals surface area contributed by atoms with E-state index in [0.717, 1.165) is 6.42 Å². The van der Waals surface area contributed by atoms with Gasteiger partial charge in [-0.05, 0) is 12.3 Å². The Bertz CT molecular complexity index is 143. The summed E-state index contributed by atoms with van der Waals surface area (Å²) in [5.41, 5.74) is 5.53. The molecule has 1 fully saturated rings. The third-order valence-electron chi connectivity index (χ3n) is 2.38. The molecule has 1 atom stereocenters. The Morgan fingerprint density at radius 1 is 1.64 bits per heavy atom. The van der Waals surface area contributed by atoms with E-state index in [1.165, 1.54) is 19.3 Å². The van der Waals surface area contributed by atoms with E-state index >= 15 is 0 Å². The standard InChI is InChI=1S/C8H15NO2/c9-7(8(11)5-10)4-6-2-1-3-6/h6-7,10H,1-5,9H2. The molecule has 1 aliphatic rings. The van der Waals surface area contributed by atoms with Gasteiger partial charge in [-0.3, -0.25) is 4.79 Å². The molecule has 0 aromatic carbocycles. The fourth-order valence-electron chi connectivity index (χ4n) is 1.34. The van der Waals surface area contributed by atoms with Crippen LogP contribution >= 0.6 is 0 Å². The molecule has 0 spiro atoms. The van der Waals surface area contributed by atoms with Gasteiger partial charge in [0.05, 0.1) is 6.04 Å². The van der Waals surface area contributed by atoms with Crippen LogP contribution in [0.25, 0.3) is 0 Å². The third kappa shape index (κ3) is 2.27. The van der Waals surface area contributed by atoms with Gasteiger partial charge in [0.25, 0.3) is 0 Å². The van der Waals surface area contributed by atoms with Crippen LogP contribution in [0, 0.1) is 5.92 Å². The topological polar surface area (TPSA) is 63.3 Å². The van der Waals surface area contributed by atoms with Crippen molar-refractivity contribution in [3.05, 3.63) is 0 Å². The monoisotopic (exact) mass is 157 g/mol. The van der Waals surface area contributed by atoms with Crippen molar-refractivity contribution in [3.8, 4) is 0 Å². The summed E-state index contributed by atoms with van der Waals surface area (Å²) in [6.07, 6.45) is 4.43. The van der Waals surface area contributed by atoms with Crippen molar-refractivity contribution in [1.29, 1.82) is 0 Å². The number of hydrogen-bond acceptors (Lipinski definition) is 3. The number of Topliss-reactive ketones (excluding diaryl/α,β-unsaturated/α-hetero) is 1. The number of carbonyl (C=O) groups is 1. The summed E-state index contributed by atoms with van der Waals surface area (Å²) >= 11 is 0. The zero-order chi connectivity index (χ0) is 8.27. The van der Waals surface area contributed by atoms with Gasteiger partial charge in [0.2, 0.25) is 0 Å². The summed E-state index contributed by atoms with van der Waals surface area (Å²) in [6.45, 7) is -0.409. The molecule has 3 N–H and O–H groups in total. The largest absolute Gasteiger partial charge is 0.389 e. The highest BCUT2D eigenvalue weighted by Gasteiger charge is 2.23. The van der Waals surface area contributed by atoms with Gasteiger partial charge < -0.3 is 10.8 Å². The molecule has 1 rings (SSSR count). The van der Waals surface area contributed by atoms with Crippen molar-refractivity contribution < 1.29 is 9.90 Å². The summed E-state index contributed by atoms with van der Waals surface area (Å²) in [4.78, 5) is 10.8. The first kappa shape index (κ1) is 8.68. The molecule has 1 aliphatic carbocycles. The minimum Gasteiger partial charge on any atom is -0.389 e. The molecule has 0 aromatic heterocycles. The van der Waals surface area contributed by atoms with Gasteiger partial charge in [-0.1, -0.05) is 19.3 Å². The van der Waals surface area contributed by atoms with Crippen molar-refractivity contribution in [3.63, 3.8) is 0 Å². The quantitative estimate of drug-likeness (QED) is 0.606. The van der Waals surface area contributed by atoms with Gasteiger partial charge in [0, 0.05) is 0 Å². The van der Waals surface area contributed by atoms with E-state index in [4.69, 9.17) is 10.8 Å². The summed E-state index contributed by atoms with van der Waals surface area (Å²) in [5, 5.41) is 8.48. The van der Waals surface area contributed by atoms with E-state index in [1.807, 2.05) is 0 Å². The lowest BCUT2D eigenvalue weighted by Gasteiger charge is -2.27. The van der Waals surface area contributed by atoms with Gasteiger partial charge in [0.15, 0.2) is 5.78 Å². The summed E-state index contributed by atoms with van der Waals surface area (Å²) in [6, 6.07) is -0.426. The number of ketones is 1. The molecule has 0 amide bonds. The molecule has 1 unspecified atom stereocenters. The average Bonchev–Trinajstić information content (AvgIpc) is 1.94. The van der Waals surface area contributed by atoms with E-state index in [-0.39, 0.29) is 5.78 Å². The molecule has 0 heterocycles. The normalized spacial score (nSPS) is 20.9. The van der Waals surface area contributed by atoms with Gasteiger partial charge in [0.1, 0.15) is 6.61 Å². The number of rotatable bonds is 4. The zero-order valence-corrected chi connectivity index (χ0v) is 6.62. The summed E-state index contributed by atoms with van der Waals surface area (Å²) in [7, 11) is 0. The second-order valence-corrected chi connectivity index (χ2v) is 3.26. The molecule has 64 valence electrons. The lowest BCUT2D eigenvalue weighted by Crippen LogP contribution is -2.36. The predicted molar refractivity (Wildman–Crippen MR) is 42.0 cm³/mol. The lowest BCUT2D eigenvalue weighted by atomic mass is 9.80. The maximum absolute atomic E-state index is 10.8. The fraction of sp³-hybridized carbons (Fsp3) is 0.875. The van der Waals surface area contributed by atoms with Gasteiger partial charge >= 0.3 is 0 Å².